The molecule has 2 rings (SSSR count). The molecule has 1 aromatic carbocycles. The maximum atomic E-state index is 11.7. The van der Waals surface area contributed by atoms with Crippen molar-refractivity contribution in [1.29, 1.82) is 0 Å². The number of hydrogen-bond acceptors (Lipinski definition) is 5. The van der Waals surface area contributed by atoms with Crippen LogP contribution in [0.4, 0.5) is 0 Å². The third-order valence-electron chi connectivity index (χ3n) is 1.95. The first-order valence-electron chi connectivity index (χ1n) is 4.51. The first-order chi connectivity index (χ1) is 7.70. The van der Waals surface area contributed by atoms with Crippen molar-refractivity contribution in [3.63, 3.8) is 0 Å². The van der Waals surface area contributed by atoms with E-state index < -0.39 is 16.8 Å². The normalized spacial score (nSPS) is 12.6. The summed E-state index contributed by atoms with van der Waals surface area (Å²) in [5, 5.41) is 0. The zero-order chi connectivity index (χ0) is 11.5. The second-order valence-electron chi connectivity index (χ2n) is 3.01. The van der Waals surface area contributed by atoms with Crippen LogP contribution in [0.15, 0.2) is 28.6 Å². The zero-order valence-electron chi connectivity index (χ0n) is 8.50. The van der Waals surface area contributed by atoms with E-state index in [0.29, 0.717) is 4.34 Å². The summed E-state index contributed by atoms with van der Waals surface area (Å²) in [7, 11) is -0.137. The number of carbonyl (C=O) groups is 1. The molecule has 0 amide bonds. The molecule has 0 spiro atoms. The molecule has 1 heterocycles. The molecule has 1 aromatic heterocycles. The van der Waals surface area contributed by atoms with E-state index >= 15 is 0 Å². The molecule has 0 aliphatic heterocycles. The number of hydrogen-bond donors (Lipinski definition) is 0. The van der Waals surface area contributed by atoms with E-state index in [4.69, 9.17) is 0 Å². The average Bonchev–Trinajstić information content (AvgIpc) is 2.72. The summed E-state index contributed by atoms with van der Waals surface area (Å²) in [6.45, 7) is 0. The van der Waals surface area contributed by atoms with E-state index in [1.54, 1.807) is 0 Å². The van der Waals surface area contributed by atoms with Gasteiger partial charge in [0.25, 0.3) is 0 Å². The van der Waals surface area contributed by atoms with E-state index in [1.807, 2.05) is 24.3 Å². The SMILES string of the molecule is COC(=O)CS(=O)c1nc2ccccc2s1. The Bertz CT molecular complexity index is 517. The third-order valence-corrected chi connectivity index (χ3v) is 4.56. The van der Waals surface area contributed by atoms with Gasteiger partial charge in [-0.25, -0.2) is 4.98 Å². The number of carbonyl (C=O) groups excluding carboxylic acids is 1. The van der Waals surface area contributed by atoms with Gasteiger partial charge in [0.05, 0.1) is 28.1 Å². The molecule has 4 nitrogen and oxygen atoms in total. The number of ether oxygens (including phenoxy) is 1. The van der Waals surface area contributed by atoms with E-state index in [0.717, 1.165) is 10.2 Å². The minimum atomic E-state index is -1.41. The van der Waals surface area contributed by atoms with Gasteiger partial charge < -0.3 is 4.74 Å². The molecule has 0 fully saturated rings. The Morgan fingerprint density at radius 3 is 2.94 bits per heavy atom. The zero-order valence-corrected chi connectivity index (χ0v) is 10.1. The second-order valence-corrected chi connectivity index (χ2v) is 5.67. The number of para-hydroxylation sites is 1. The van der Waals surface area contributed by atoms with Gasteiger partial charge in [0.2, 0.25) is 0 Å². The molecule has 0 N–H and O–H groups in total. The van der Waals surface area contributed by atoms with Crippen molar-refractivity contribution in [2.45, 2.75) is 4.34 Å². The summed E-state index contributed by atoms with van der Waals surface area (Å²) in [5.41, 5.74) is 0.806. The Kier molecular flexibility index (Phi) is 3.31. The smallest absolute Gasteiger partial charge is 0.318 e. The molecule has 2 aromatic rings. The summed E-state index contributed by atoms with van der Waals surface area (Å²) in [6, 6.07) is 7.53. The van der Waals surface area contributed by atoms with Gasteiger partial charge in [-0.1, -0.05) is 12.1 Å². The van der Waals surface area contributed by atoms with E-state index in [2.05, 4.69) is 9.72 Å². The van der Waals surface area contributed by atoms with Crippen LogP contribution in [-0.2, 0) is 20.3 Å². The minimum absolute atomic E-state index is 0.143. The van der Waals surface area contributed by atoms with Crippen LogP contribution in [-0.4, -0.2) is 28.0 Å². The summed E-state index contributed by atoms with van der Waals surface area (Å²) in [4.78, 5) is 15.2. The minimum Gasteiger partial charge on any atom is -0.468 e. The molecule has 0 radical (unpaired) electrons. The number of esters is 1. The molecule has 1 atom stereocenters. The summed E-state index contributed by atoms with van der Waals surface area (Å²) < 4.78 is 17.6. The topological polar surface area (TPSA) is 56.3 Å². The van der Waals surface area contributed by atoms with Crippen molar-refractivity contribution in [3.8, 4) is 0 Å². The number of nitrogens with zero attached hydrogens (tertiary/aromatic N) is 1. The number of fused-ring (bicyclic) bond motifs is 1. The fourth-order valence-corrected chi connectivity index (χ4v) is 3.35. The molecule has 0 bridgehead atoms. The molecule has 1 unspecified atom stereocenters. The second kappa shape index (κ2) is 4.71. The number of methoxy groups -OCH3 is 1. The van der Waals surface area contributed by atoms with Crippen LogP contribution in [0.5, 0.6) is 0 Å². The van der Waals surface area contributed by atoms with Gasteiger partial charge in [0.1, 0.15) is 5.75 Å². The van der Waals surface area contributed by atoms with Crippen molar-refractivity contribution < 1.29 is 13.7 Å². The van der Waals surface area contributed by atoms with Crippen LogP contribution in [0.3, 0.4) is 0 Å². The molecule has 84 valence electrons. The Hall–Kier alpha value is -1.27. The lowest BCUT2D eigenvalue weighted by molar-refractivity contribution is -0.137. The molecule has 6 heteroatoms. The molecule has 0 aliphatic carbocycles. The van der Waals surface area contributed by atoms with Crippen LogP contribution >= 0.6 is 11.3 Å². The lowest BCUT2D eigenvalue weighted by Crippen LogP contribution is -2.11. The maximum Gasteiger partial charge on any atom is 0.318 e. The van der Waals surface area contributed by atoms with Crippen LogP contribution in [0, 0.1) is 0 Å². The van der Waals surface area contributed by atoms with Crippen LogP contribution in [0.2, 0.25) is 0 Å². The highest BCUT2D eigenvalue weighted by molar-refractivity contribution is 7.88. The van der Waals surface area contributed by atoms with Crippen molar-refractivity contribution in [1.82, 2.24) is 4.98 Å². The fourth-order valence-electron chi connectivity index (χ4n) is 1.18. The van der Waals surface area contributed by atoms with Gasteiger partial charge in [0, 0.05) is 0 Å². The van der Waals surface area contributed by atoms with Gasteiger partial charge in [-0.15, -0.1) is 11.3 Å². The molecular weight excluding hydrogens is 246 g/mol. The predicted octanol–water partition coefficient (Wildman–Crippen LogP) is 1.58. The molecule has 0 aliphatic rings. The van der Waals surface area contributed by atoms with Crippen LogP contribution in [0.25, 0.3) is 10.2 Å². The average molecular weight is 255 g/mol. The summed E-state index contributed by atoms with van der Waals surface area (Å²) >= 11 is 1.34. The lowest BCUT2D eigenvalue weighted by Gasteiger charge is -1.95. The molecule has 0 saturated carbocycles. The Balaban J connectivity index is 2.26. The first kappa shape index (κ1) is 11.2. The van der Waals surface area contributed by atoms with Gasteiger partial charge in [-0.05, 0) is 12.1 Å². The first-order valence-corrected chi connectivity index (χ1v) is 6.65. The summed E-state index contributed by atoms with van der Waals surface area (Å²) in [5.74, 6) is -0.631. The number of aromatic nitrogens is 1. The number of benzene rings is 1. The van der Waals surface area contributed by atoms with Crippen molar-refractivity contribution in [2.75, 3.05) is 12.9 Å². The van der Waals surface area contributed by atoms with Crippen LogP contribution in [0.1, 0.15) is 0 Å². The molecular formula is C10H9NO3S2. The molecule has 0 saturated heterocycles. The highest BCUT2D eigenvalue weighted by Gasteiger charge is 2.14. The Labute approximate surface area is 98.7 Å². The van der Waals surface area contributed by atoms with Gasteiger partial charge >= 0.3 is 5.97 Å². The quantitative estimate of drug-likeness (QED) is 0.781. The Morgan fingerprint density at radius 1 is 1.50 bits per heavy atom. The number of rotatable bonds is 3. The van der Waals surface area contributed by atoms with Gasteiger partial charge in [-0.3, -0.25) is 9.00 Å². The third kappa shape index (κ3) is 2.28. The fraction of sp³-hybridized carbons (Fsp3) is 0.200. The van der Waals surface area contributed by atoms with Gasteiger partial charge in [0.15, 0.2) is 4.34 Å². The predicted molar refractivity (Wildman–Crippen MR) is 62.9 cm³/mol. The highest BCUT2D eigenvalue weighted by atomic mass is 32.2. The monoisotopic (exact) mass is 255 g/mol. The van der Waals surface area contributed by atoms with Crippen molar-refractivity contribution in [2.24, 2.45) is 0 Å². The van der Waals surface area contributed by atoms with E-state index in [1.165, 1.54) is 18.4 Å². The van der Waals surface area contributed by atoms with Crippen molar-refractivity contribution in [3.05, 3.63) is 24.3 Å². The highest BCUT2D eigenvalue weighted by Crippen LogP contribution is 2.23. The van der Waals surface area contributed by atoms with Crippen molar-refractivity contribution >= 4 is 38.3 Å². The largest absolute Gasteiger partial charge is 0.468 e. The summed E-state index contributed by atoms with van der Waals surface area (Å²) in [6.07, 6.45) is 0. The Morgan fingerprint density at radius 2 is 2.25 bits per heavy atom. The van der Waals surface area contributed by atoms with Gasteiger partial charge in [-0.2, -0.15) is 0 Å². The standard InChI is InChI=1S/C10H9NO3S2/c1-14-9(12)6-16(13)10-11-7-4-2-3-5-8(7)15-10/h2-5H,6H2,1H3. The lowest BCUT2D eigenvalue weighted by atomic mass is 10.3. The van der Waals surface area contributed by atoms with Crippen LogP contribution < -0.4 is 0 Å². The maximum absolute atomic E-state index is 11.7. The van der Waals surface area contributed by atoms with E-state index in [9.17, 15) is 9.00 Å². The van der Waals surface area contributed by atoms with E-state index in [-0.39, 0.29) is 5.75 Å². The number of thiazole rings is 1. The molecule has 16 heavy (non-hydrogen) atoms.